The predicted octanol–water partition coefficient (Wildman–Crippen LogP) is 2.49. The number of pyridine rings is 1. The quantitative estimate of drug-likeness (QED) is 0.649. The molecule has 0 amide bonds. The number of non-ortho nitro benzene ring substituents is 1. The van der Waals surface area contributed by atoms with Crippen LogP contribution >= 0.6 is 0 Å². The Morgan fingerprint density at radius 1 is 1.32 bits per heavy atom. The molecular formula is C13H14N4O2. The van der Waals surface area contributed by atoms with Crippen molar-refractivity contribution in [2.45, 2.75) is 13.5 Å². The van der Waals surface area contributed by atoms with Crippen LogP contribution in [0.4, 0.5) is 17.2 Å². The Morgan fingerprint density at radius 3 is 2.63 bits per heavy atom. The molecule has 2 aromatic rings. The number of nitrogens with two attached hydrogens (primary N) is 1. The van der Waals surface area contributed by atoms with E-state index in [2.05, 4.69) is 10.3 Å². The topological polar surface area (TPSA) is 94.1 Å². The highest BCUT2D eigenvalue weighted by Crippen LogP contribution is 2.20. The van der Waals surface area contributed by atoms with Crippen LogP contribution in [0.5, 0.6) is 0 Å². The lowest BCUT2D eigenvalue weighted by Crippen LogP contribution is -2.05. The Hall–Kier alpha value is -2.63. The van der Waals surface area contributed by atoms with E-state index in [1.165, 1.54) is 12.1 Å². The molecule has 19 heavy (non-hydrogen) atoms. The fraction of sp³-hybridized carbons (Fsp3) is 0.154. The van der Waals surface area contributed by atoms with Crippen LogP contribution in [0.25, 0.3) is 0 Å². The Morgan fingerprint density at radius 2 is 2.00 bits per heavy atom. The van der Waals surface area contributed by atoms with E-state index in [9.17, 15) is 10.1 Å². The summed E-state index contributed by atoms with van der Waals surface area (Å²) in [7, 11) is 0. The van der Waals surface area contributed by atoms with E-state index in [1.54, 1.807) is 18.3 Å². The maximum atomic E-state index is 10.5. The number of nitro groups is 1. The number of nitro benzene ring substituents is 1. The minimum Gasteiger partial charge on any atom is -0.396 e. The summed E-state index contributed by atoms with van der Waals surface area (Å²) in [6.07, 6.45) is 1.68. The van der Waals surface area contributed by atoms with Gasteiger partial charge in [0.25, 0.3) is 5.69 Å². The van der Waals surface area contributed by atoms with Gasteiger partial charge in [0.15, 0.2) is 0 Å². The minimum atomic E-state index is -0.419. The Kier molecular flexibility index (Phi) is 3.61. The first-order chi connectivity index (χ1) is 9.08. The first kappa shape index (κ1) is 12.8. The van der Waals surface area contributed by atoms with Gasteiger partial charge in [0.2, 0.25) is 0 Å². The second-order valence-electron chi connectivity index (χ2n) is 4.17. The highest BCUT2D eigenvalue weighted by molar-refractivity contribution is 5.64. The number of nitrogens with one attached hydrogen (secondary N) is 1. The average Bonchev–Trinajstić information content (AvgIpc) is 2.41. The molecule has 1 heterocycles. The number of aromatic nitrogens is 1. The van der Waals surface area contributed by atoms with Crippen LogP contribution < -0.4 is 11.1 Å². The van der Waals surface area contributed by atoms with E-state index in [0.717, 1.165) is 11.1 Å². The normalized spacial score (nSPS) is 10.2. The lowest BCUT2D eigenvalue weighted by molar-refractivity contribution is -0.384. The Balaban J connectivity index is 2.06. The predicted molar refractivity (Wildman–Crippen MR) is 73.8 cm³/mol. The molecule has 0 radical (unpaired) electrons. The van der Waals surface area contributed by atoms with Crippen LogP contribution in [0, 0.1) is 17.0 Å². The lowest BCUT2D eigenvalue weighted by atomic mass is 10.2. The van der Waals surface area contributed by atoms with Crippen molar-refractivity contribution in [2.75, 3.05) is 11.1 Å². The van der Waals surface area contributed by atoms with Crippen molar-refractivity contribution >= 4 is 17.2 Å². The fourth-order valence-electron chi connectivity index (χ4n) is 1.63. The second kappa shape index (κ2) is 5.34. The van der Waals surface area contributed by atoms with Crippen molar-refractivity contribution in [2.24, 2.45) is 0 Å². The molecule has 0 saturated carbocycles. The summed E-state index contributed by atoms with van der Waals surface area (Å²) in [5.41, 5.74) is 8.48. The molecular weight excluding hydrogens is 244 g/mol. The van der Waals surface area contributed by atoms with Gasteiger partial charge in [-0.3, -0.25) is 10.1 Å². The average molecular weight is 258 g/mol. The monoisotopic (exact) mass is 258 g/mol. The van der Waals surface area contributed by atoms with E-state index >= 15 is 0 Å². The van der Waals surface area contributed by atoms with Gasteiger partial charge < -0.3 is 11.1 Å². The number of rotatable bonds is 4. The second-order valence-corrected chi connectivity index (χ2v) is 4.17. The molecule has 6 nitrogen and oxygen atoms in total. The number of anilines is 2. The third-order valence-corrected chi connectivity index (χ3v) is 2.82. The standard InChI is InChI=1S/C13H14N4O2/c1-9-6-7-15-13(12(9)14)16-8-10-2-4-11(5-3-10)17(18)19/h2-7H,8,14H2,1H3,(H,15,16). The molecule has 0 spiro atoms. The van der Waals surface area contributed by atoms with E-state index in [-0.39, 0.29) is 5.69 Å². The third kappa shape index (κ3) is 2.98. The van der Waals surface area contributed by atoms with Gasteiger partial charge in [-0.05, 0) is 24.1 Å². The molecule has 0 atom stereocenters. The number of nitrogen functional groups attached to an aromatic ring is 1. The van der Waals surface area contributed by atoms with E-state index in [1.807, 2.05) is 13.0 Å². The zero-order valence-electron chi connectivity index (χ0n) is 10.5. The van der Waals surface area contributed by atoms with Gasteiger partial charge in [0.05, 0.1) is 10.6 Å². The van der Waals surface area contributed by atoms with E-state index in [0.29, 0.717) is 18.1 Å². The minimum absolute atomic E-state index is 0.0805. The smallest absolute Gasteiger partial charge is 0.269 e. The third-order valence-electron chi connectivity index (χ3n) is 2.82. The lowest BCUT2D eigenvalue weighted by Gasteiger charge is -2.09. The van der Waals surface area contributed by atoms with E-state index < -0.39 is 4.92 Å². The molecule has 2 rings (SSSR count). The molecule has 0 bridgehead atoms. The number of nitrogens with zero attached hydrogens (tertiary/aromatic N) is 2. The highest BCUT2D eigenvalue weighted by Gasteiger charge is 2.05. The molecule has 1 aromatic carbocycles. The summed E-state index contributed by atoms with van der Waals surface area (Å²) in [6.45, 7) is 2.42. The van der Waals surface area contributed by atoms with Crippen molar-refractivity contribution < 1.29 is 4.92 Å². The number of hydrogen-bond acceptors (Lipinski definition) is 5. The number of aryl methyl sites for hydroxylation is 1. The summed E-state index contributed by atoms with van der Waals surface area (Å²) < 4.78 is 0. The fourth-order valence-corrected chi connectivity index (χ4v) is 1.63. The molecule has 0 saturated heterocycles. The van der Waals surface area contributed by atoms with Crippen molar-refractivity contribution in [3.05, 3.63) is 57.8 Å². The van der Waals surface area contributed by atoms with Crippen molar-refractivity contribution in [1.29, 1.82) is 0 Å². The Bertz CT molecular complexity index is 596. The molecule has 0 fully saturated rings. The van der Waals surface area contributed by atoms with Crippen molar-refractivity contribution in [3.63, 3.8) is 0 Å². The molecule has 0 unspecified atom stereocenters. The number of benzene rings is 1. The summed E-state index contributed by atoms with van der Waals surface area (Å²) in [6, 6.07) is 8.20. The van der Waals surface area contributed by atoms with Gasteiger partial charge in [-0.15, -0.1) is 0 Å². The van der Waals surface area contributed by atoms with Gasteiger partial charge in [0, 0.05) is 24.9 Å². The van der Waals surface area contributed by atoms with Crippen LogP contribution in [-0.4, -0.2) is 9.91 Å². The maximum Gasteiger partial charge on any atom is 0.269 e. The van der Waals surface area contributed by atoms with Crippen LogP contribution in [0.15, 0.2) is 36.5 Å². The largest absolute Gasteiger partial charge is 0.396 e. The highest BCUT2D eigenvalue weighted by atomic mass is 16.6. The summed E-state index contributed by atoms with van der Waals surface area (Å²) in [5.74, 6) is 0.623. The number of hydrogen-bond donors (Lipinski definition) is 2. The van der Waals surface area contributed by atoms with Crippen LogP contribution in [0.3, 0.4) is 0 Å². The molecule has 0 aliphatic rings. The van der Waals surface area contributed by atoms with Gasteiger partial charge in [0.1, 0.15) is 5.82 Å². The van der Waals surface area contributed by atoms with Crippen LogP contribution in [-0.2, 0) is 6.54 Å². The van der Waals surface area contributed by atoms with Crippen LogP contribution in [0.1, 0.15) is 11.1 Å². The summed E-state index contributed by atoms with van der Waals surface area (Å²) >= 11 is 0. The zero-order valence-corrected chi connectivity index (χ0v) is 10.5. The molecule has 0 aliphatic heterocycles. The van der Waals surface area contributed by atoms with Crippen LogP contribution in [0.2, 0.25) is 0 Å². The van der Waals surface area contributed by atoms with Crippen molar-refractivity contribution in [3.8, 4) is 0 Å². The van der Waals surface area contributed by atoms with Gasteiger partial charge >= 0.3 is 0 Å². The SMILES string of the molecule is Cc1ccnc(NCc2ccc([N+](=O)[O-])cc2)c1N. The Labute approximate surface area is 110 Å². The van der Waals surface area contributed by atoms with Gasteiger partial charge in [-0.25, -0.2) is 4.98 Å². The molecule has 0 aliphatic carbocycles. The van der Waals surface area contributed by atoms with E-state index in [4.69, 9.17) is 5.73 Å². The molecule has 3 N–H and O–H groups in total. The summed E-state index contributed by atoms with van der Waals surface area (Å²) in [5, 5.41) is 13.6. The first-order valence-corrected chi connectivity index (χ1v) is 5.76. The molecule has 98 valence electrons. The zero-order chi connectivity index (χ0) is 13.8. The van der Waals surface area contributed by atoms with Gasteiger partial charge in [-0.2, -0.15) is 0 Å². The first-order valence-electron chi connectivity index (χ1n) is 5.76. The van der Waals surface area contributed by atoms with Crippen molar-refractivity contribution in [1.82, 2.24) is 4.98 Å². The molecule has 1 aromatic heterocycles. The maximum absolute atomic E-state index is 10.5. The summed E-state index contributed by atoms with van der Waals surface area (Å²) in [4.78, 5) is 14.3. The molecule has 6 heteroatoms. The van der Waals surface area contributed by atoms with Gasteiger partial charge in [-0.1, -0.05) is 12.1 Å².